The van der Waals surface area contributed by atoms with Gasteiger partial charge in [0, 0.05) is 33.5 Å². The molecule has 26 heavy (non-hydrogen) atoms. The van der Waals surface area contributed by atoms with Gasteiger partial charge in [0.25, 0.3) is 0 Å². The van der Waals surface area contributed by atoms with Crippen LogP contribution in [-0.2, 0) is 9.53 Å². The van der Waals surface area contributed by atoms with E-state index in [0.29, 0.717) is 24.6 Å². The Morgan fingerprint density at radius 2 is 2.12 bits per heavy atom. The molecule has 2 heterocycles. The summed E-state index contributed by atoms with van der Waals surface area (Å²) < 4.78 is 5.74. The Balaban J connectivity index is 2.18. The summed E-state index contributed by atoms with van der Waals surface area (Å²) >= 11 is 5.94. The van der Waals surface area contributed by atoms with E-state index in [2.05, 4.69) is 24.6 Å². The minimum absolute atomic E-state index is 0.0260. The summed E-state index contributed by atoms with van der Waals surface area (Å²) in [5.41, 5.74) is 0.975. The van der Waals surface area contributed by atoms with E-state index in [1.807, 2.05) is 0 Å². The van der Waals surface area contributed by atoms with Gasteiger partial charge in [0.15, 0.2) is 0 Å². The van der Waals surface area contributed by atoms with Crippen LogP contribution >= 0.6 is 11.6 Å². The number of hydrazine groups is 1. The molecule has 0 bridgehead atoms. The van der Waals surface area contributed by atoms with Gasteiger partial charge in [-0.2, -0.15) is 0 Å². The number of aromatic nitrogens is 1. The zero-order chi connectivity index (χ0) is 19.5. The normalized spacial score (nSPS) is 18.1. The number of ether oxygens (including phenoxy) is 1. The molecule has 7 nitrogen and oxygen atoms in total. The highest BCUT2D eigenvalue weighted by molar-refractivity contribution is 6.76. The standard InChI is InChI=1S/C17H24ClN3O4Si/c1-20-15(10-22)13(9-21(20)11-25-5-6-26(2,3)4)14-7-12(17(23)24)8-16(18)19-14/h7-10,15H,5-6,11H2,1-4H3,(H,23,24). The van der Waals surface area contributed by atoms with Gasteiger partial charge in [-0.05, 0) is 18.2 Å². The summed E-state index contributed by atoms with van der Waals surface area (Å²) in [4.78, 5) is 27.0. The Hall–Kier alpha value is -1.74. The lowest BCUT2D eigenvalue weighted by Gasteiger charge is -2.28. The van der Waals surface area contributed by atoms with Crippen molar-refractivity contribution < 1.29 is 19.4 Å². The highest BCUT2D eigenvalue weighted by atomic mass is 35.5. The molecule has 0 spiro atoms. The molecule has 1 atom stereocenters. The van der Waals surface area contributed by atoms with Crippen LogP contribution in [0.15, 0.2) is 18.3 Å². The Labute approximate surface area is 159 Å². The number of aromatic carboxylic acids is 1. The number of carboxylic acids is 1. The van der Waals surface area contributed by atoms with Gasteiger partial charge in [-0.15, -0.1) is 0 Å². The third-order valence-electron chi connectivity index (χ3n) is 4.10. The summed E-state index contributed by atoms with van der Waals surface area (Å²) in [6, 6.07) is 3.17. The van der Waals surface area contributed by atoms with Crippen molar-refractivity contribution in [3.63, 3.8) is 0 Å². The fourth-order valence-electron chi connectivity index (χ4n) is 2.50. The molecule has 1 unspecified atom stereocenters. The number of aldehydes is 1. The predicted molar refractivity (Wildman–Crippen MR) is 103 cm³/mol. The van der Waals surface area contributed by atoms with Gasteiger partial charge >= 0.3 is 5.97 Å². The number of carboxylic acid groups (broad SMARTS) is 1. The Morgan fingerprint density at radius 3 is 2.69 bits per heavy atom. The molecule has 9 heteroatoms. The summed E-state index contributed by atoms with van der Waals surface area (Å²) in [7, 11) is 0.601. The van der Waals surface area contributed by atoms with E-state index in [-0.39, 0.29) is 10.7 Å². The van der Waals surface area contributed by atoms with Crippen molar-refractivity contribution >= 4 is 37.5 Å². The van der Waals surface area contributed by atoms with Crippen molar-refractivity contribution in [2.45, 2.75) is 31.7 Å². The van der Waals surface area contributed by atoms with Crippen LogP contribution in [0.2, 0.25) is 30.8 Å². The van der Waals surface area contributed by atoms with E-state index < -0.39 is 20.1 Å². The summed E-state index contributed by atoms with van der Waals surface area (Å²) in [6.07, 6.45) is 2.54. The van der Waals surface area contributed by atoms with Crippen molar-refractivity contribution in [1.29, 1.82) is 0 Å². The molecule has 0 aromatic carbocycles. The molecule has 0 saturated heterocycles. The number of nitrogens with zero attached hydrogens (tertiary/aromatic N) is 3. The summed E-state index contributed by atoms with van der Waals surface area (Å²) in [5, 5.41) is 12.8. The van der Waals surface area contributed by atoms with E-state index in [9.17, 15) is 14.7 Å². The topological polar surface area (TPSA) is 83.0 Å². The Bertz CT molecular complexity index is 720. The number of rotatable bonds is 8. The van der Waals surface area contributed by atoms with E-state index in [4.69, 9.17) is 16.3 Å². The fraction of sp³-hybridized carbons (Fsp3) is 0.471. The lowest BCUT2D eigenvalue weighted by atomic mass is 10.0. The number of carbonyl (C=O) groups is 2. The van der Waals surface area contributed by atoms with Crippen molar-refractivity contribution in [3.05, 3.63) is 34.7 Å². The molecule has 1 aliphatic rings. The maximum Gasteiger partial charge on any atom is 0.335 e. The first kappa shape index (κ1) is 20.6. The molecular formula is C17H24ClN3O4Si. The minimum Gasteiger partial charge on any atom is -0.478 e. The molecule has 2 rings (SSSR count). The number of likely N-dealkylation sites (N-methyl/N-ethyl adjacent to an activating group) is 1. The first-order valence-electron chi connectivity index (χ1n) is 8.28. The molecule has 1 aromatic heterocycles. The molecular weight excluding hydrogens is 374 g/mol. The highest BCUT2D eigenvalue weighted by Crippen LogP contribution is 2.29. The van der Waals surface area contributed by atoms with E-state index >= 15 is 0 Å². The molecule has 0 fully saturated rings. The van der Waals surface area contributed by atoms with Gasteiger partial charge in [0.1, 0.15) is 24.2 Å². The van der Waals surface area contributed by atoms with Gasteiger partial charge in [-0.1, -0.05) is 31.2 Å². The predicted octanol–water partition coefficient (Wildman–Crippen LogP) is 2.82. The van der Waals surface area contributed by atoms with Gasteiger partial charge in [-0.3, -0.25) is 5.01 Å². The molecule has 1 N–H and O–H groups in total. The number of hydrogen-bond acceptors (Lipinski definition) is 6. The van der Waals surface area contributed by atoms with Gasteiger partial charge in [0.2, 0.25) is 0 Å². The minimum atomic E-state index is -1.17. The van der Waals surface area contributed by atoms with Crippen LogP contribution in [0.25, 0.3) is 5.57 Å². The largest absolute Gasteiger partial charge is 0.478 e. The monoisotopic (exact) mass is 397 g/mol. The van der Waals surface area contributed by atoms with Crippen molar-refractivity contribution in [1.82, 2.24) is 15.0 Å². The number of pyridine rings is 1. The maximum absolute atomic E-state index is 11.6. The van der Waals surface area contributed by atoms with E-state index in [1.54, 1.807) is 23.3 Å². The van der Waals surface area contributed by atoms with Crippen molar-refractivity contribution in [2.75, 3.05) is 20.4 Å². The average Bonchev–Trinajstić information content (AvgIpc) is 2.86. The third-order valence-corrected chi connectivity index (χ3v) is 6.00. The molecule has 0 amide bonds. The number of hydrogen-bond donors (Lipinski definition) is 1. The second-order valence-electron chi connectivity index (χ2n) is 7.40. The molecule has 0 radical (unpaired) electrons. The zero-order valence-electron chi connectivity index (χ0n) is 15.4. The van der Waals surface area contributed by atoms with Crippen LogP contribution in [0.4, 0.5) is 0 Å². The van der Waals surface area contributed by atoms with Crippen molar-refractivity contribution in [2.24, 2.45) is 0 Å². The first-order chi connectivity index (χ1) is 12.1. The number of carbonyl (C=O) groups excluding carboxylic acids is 1. The lowest BCUT2D eigenvalue weighted by Crippen LogP contribution is -2.40. The first-order valence-corrected chi connectivity index (χ1v) is 12.4. The molecule has 0 saturated carbocycles. The maximum atomic E-state index is 11.6. The zero-order valence-corrected chi connectivity index (χ0v) is 17.2. The summed E-state index contributed by atoms with van der Waals surface area (Å²) in [6.45, 7) is 7.81. The van der Waals surface area contributed by atoms with Crippen LogP contribution in [0, 0.1) is 0 Å². The second-order valence-corrected chi connectivity index (χ2v) is 13.4. The molecule has 1 aromatic rings. The Kier molecular flexibility index (Phi) is 6.57. The highest BCUT2D eigenvalue weighted by Gasteiger charge is 2.32. The van der Waals surface area contributed by atoms with Gasteiger partial charge in [-0.25, -0.2) is 14.8 Å². The van der Waals surface area contributed by atoms with E-state index in [0.717, 1.165) is 12.3 Å². The smallest absolute Gasteiger partial charge is 0.335 e. The SMILES string of the molecule is CN1C(C=O)C(c2cc(C(=O)O)cc(Cl)n2)=CN1COCC[Si](C)(C)C. The van der Waals surface area contributed by atoms with Crippen LogP contribution in [0.3, 0.4) is 0 Å². The van der Waals surface area contributed by atoms with Crippen molar-refractivity contribution in [3.8, 4) is 0 Å². The lowest BCUT2D eigenvalue weighted by molar-refractivity contribution is -0.116. The average molecular weight is 398 g/mol. The van der Waals surface area contributed by atoms with Gasteiger partial charge < -0.3 is 14.6 Å². The second kappa shape index (κ2) is 8.30. The van der Waals surface area contributed by atoms with Crippen LogP contribution < -0.4 is 0 Å². The van der Waals surface area contributed by atoms with Crippen LogP contribution in [-0.4, -0.2) is 66.9 Å². The Morgan fingerprint density at radius 1 is 1.42 bits per heavy atom. The fourth-order valence-corrected chi connectivity index (χ4v) is 3.47. The number of halogens is 1. The molecule has 142 valence electrons. The molecule has 1 aliphatic heterocycles. The van der Waals surface area contributed by atoms with E-state index in [1.165, 1.54) is 12.1 Å². The van der Waals surface area contributed by atoms with Crippen LogP contribution in [0.1, 0.15) is 16.1 Å². The van der Waals surface area contributed by atoms with Crippen LogP contribution in [0.5, 0.6) is 0 Å². The quantitative estimate of drug-likeness (QED) is 0.312. The third kappa shape index (κ3) is 5.13. The van der Waals surface area contributed by atoms with Gasteiger partial charge in [0.05, 0.1) is 11.3 Å². The summed E-state index contributed by atoms with van der Waals surface area (Å²) in [5.74, 6) is -1.10. The molecule has 0 aliphatic carbocycles.